The number of ether oxygens (including phenoxy) is 1. The topological polar surface area (TPSA) is 51.2 Å². The van der Waals surface area contributed by atoms with Gasteiger partial charge >= 0.3 is 0 Å². The van der Waals surface area contributed by atoms with E-state index < -0.39 is 0 Å². The first-order valence-electron chi connectivity index (χ1n) is 5.72. The van der Waals surface area contributed by atoms with E-state index in [2.05, 4.69) is 24.1 Å². The van der Waals surface area contributed by atoms with Gasteiger partial charge in [0.15, 0.2) is 0 Å². The van der Waals surface area contributed by atoms with Crippen LogP contribution >= 0.6 is 11.3 Å². The van der Waals surface area contributed by atoms with Crippen LogP contribution in [0.2, 0.25) is 0 Å². The van der Waals surface area contributed by atoms with Crippen LogP contribution < -0.4 is 5.32 Å². The predicted octanol–water partition coefficient (Wildman–Crippen LogP) is 2.34. The third-order valence-electron chi connectivity index (χ3n) is 2.31. The Balaban J connectivity index is 2.75. The summed E-state index contributed by atoms with van der Waals surface area (Å²) in [5, 5.41) is 3.90. The van der Waals surface area contributed by atoms with E-state index in [1.54, 1.807) is 7.11 Å². The third kappa shape index (κ3) is 3.78. The minimum atomic E-state index is -0.0588. The maximum Gasteiger partial charge on any atom is 0.263 e. The maximum atomic E-state index is 12.0. The van der Waals surface area contributed by atoms with Crippen LogP contribution in [0.5, 0.6) is 0 Å². The first-order chi connectivity index (χ1) is 7.95. The van der Waals surface area contributed by atoms with Gasteiger partial charge in [0.25, 0.3) is 5.91 Å². The minimum Gasteiger partial charge on any atom is -0.383 e. The van der Waals surface area contributed by atoms with Gasteiger partial charge in [0.05, 0.1) is 17.3 Å². The van der Waals surface area contributed by atoms with Gasteiger partial charge < -0.3 is 10.1 Å². The van der Waals surface area contributed by atoms with Crippen molar-refractivity contribution in [2.75, 3.05) is 13.7 Å². The molecule has 0 radical (unpaired) electrons. The SMILES string of the molecule is COCC(C)NC(=O)c1sc(C(C)C)nc1C. The van der Waals surface area contributed by atoms with Gasteiger partial charge in [0.2, 0.25) is 0 Å². The molecule has 1 atom stereocenters. The Kier molecular flexibility index (Phi) is 5.08. The normalized spacial score (nSPS) is 12.8. The summed E-state index contributed by atoms with van der Waals surface area (Å²) in [6, 6.07) is 0.0106. The van der Waals surface area contributed by atoms with Gasteiger partial charge in [-0.15, -0.1) is 11.3 Å². The number of aromatic nitrogens is 1. The van der Waals surface area contributed by atoms with Gasteiger partial charge in [-0.2, -0.15) is 0 Å². The molecule has 1 heterocycles. The molecule has 0 saturated carbocycles. The molecule has 1 amide bonds. The van der Waals surface area contributed by atoms with Crippen molar-refractivity contribution in [2.24, 2.45) is 0 Å². The molecule has 5 heteroatoms. The van der Waals surface area contributed by atoms with E-state index in [-0.39, 0.29) is 11.9 Å². The number of rotatable bonds is 5. The van der Waals surface area contributed by atoms with Crippen LogP contribution in [-0.2, 0) is 4.74 Å². The number of carbonyl (C=O) groups is 1. The first kappa shape index (κ1) is 14.1. The number of methoxy groups -OCH3 is 1. The fourth-order valence-corrected chi connectivity index (χ4v) is 2.43. The Hall–Kier alpha value is -0.940. The van der Waals surface area contributed by atoms with Gasteiger partial charge in [-0.1, -0.05) is 13.8 Å². The maximum absolute atomic E-state index is 12.0. The summed E-state index contributed by atoms with van der Waals surface area (Å²) in [5.41, 5.74) is 0.806. The monoisotopic (exact) mass is 256 g/mol. The minimum absolute atomic E-state index is 0.0106. The average molecular weight is 256 g/mol. The Labute approximate surface area is 106 Å². The molecule has 1 aromatic rings. The molecular weight excluding hydrogens is 236 g/mol. The van der Waals surface area contributed by atoms with Crippen molar-refractivity contribution in [3.05, 3.63) is 15.6 Å². The molecular formula is C12H20N2O2S. The zero-order chi connectivity index (χ0) is 13.0. The fraction of sp³-hybridized carbons (Fsp3) is 0.667. The molecule has 0 aliphatic rings. The lowest BCUT2D eigenvalue weighted by Gasteiger charge is -2.11. The van der Waals surface area contributed by atoms with E-state index >= 15 is 0 Å². The van der Waals surface area contributed by atoms with E-state index in [0.717, 1.165) is 10.7 Å². The van der Waals surface area contributed by atoms with Crippen molar-refractivity contribution in [1.82, 2.24) is 10.3 Å². The van der Waals surface area contributed by atoms with E-state index in [1.807, 2.05) is 13.8 Å². The highest BCUT2D eigenvalue weighted by molar-refractivity contribution is 7.13. The molecule has 0 fully saturated rings. The molecule has 0 aliphatic heterocycles. The summed E-state index contributed by atoms with van der Waals surface area (Å²) in [7, 11) is 1.62. The molecule has 4 nitrogen and oxygen atoms in total. The Morgan fingerprint density at radius 2 is 2.12 bits per heavy atom. The van der Waals surface area contributed by atoms with Crippen LogP contribution in [0, 0.1) is 6.92 Å². The zero-order valence-electron chi connectivity index (χ0n) is 11.0. The van der Waals surface area contributed by atoms with Crippen LogP contribution in [0.1, 0.15) is 47.1 Å². The first-order valence-corrected chi connectivity index (χ1v) is 6.54. The number of thiazole rings is 1. The largest absolute Gasteiger partial charge is 0.383 e. The fourth-order valence-electron chi connectivity index (χ4n) is 1.46. The Morgan fingerprint density at radius 3 is 2.59 bits per heavy atom. The summed E-state index contributed by atoms with van der Waals surface area (Å²) >= 11 is 1.47. The number of nitrogens with zero attached hydrogens (tertiary/aromatic N) is 1. The van der Waals surface area contributed by atoms with Gasteiger partial charge in [0, 0.05) is 19.1 Å². The molecule has 1 N–H and O–H groups in total. The molecule has 0 bridgehead atoms. The summed E-state index contributed by atoms with van der Waals surface area (Å²) in [4.78, 5) is 17.1. The predicted molar refractivity (Wildman–Crippen MR) is 69.7 cm³/mol. The molecule has 1 rings (SSSR count). The van der Waals surface area contributed by atoms with Crippen LogP contribution in [0.3, 0.4) is 0 Å². The van der Waals surface area contributed by atoms with Crippen molar-refractivity contribution in [1.29, 1.82) is 0 Å². The molecule has 0 aliphatic carbocycles. The van der Waals surface area contributed by atoms with Gasteiger partial charge in [0.1, 0.15) is 4.88 Å². The van der Waals surface area contributed by atoms with E-state index in [1.165, 1.54) is 11.3 Å². The summed E-state index contributed by atoms with van der Waals surface area (Å²) in [6.45, 7) is 8.46. The molecule has 0 spiro atoms. The lowest BCUT2D eigenvalue weighted by molar-refractivity contribution is 0.0909. The number of hydrogen-bond donors (Lipinski definition) is 1. The number of amides is 1. The molecule has 0 aromatic carbocycles. The van der Waals surface area contributed by atoms with Crippen molar-refractivity contribution >= 4 is 17.2 Å². The molecule has 17 heavy (non-hydrogen) atoms. The average Bonchev–Trinajstić information content (AvgIpc) is 2.60. The lowest BCUT2D eigenvalue weighted by Crippen LogP contribution is -2.35. The lowest BCUT2D eigenvalue weighted by atomic mass is 10.2. The van der Waals surface area contributed by atoms with Crippen LogP contribution in [0.25, 0.3) is 0 Å². The molecule has 96 valence electrons. The van der Waals surface area contributed by atoms with Gasteiger partial charge in [-0.25, -0.2) is 4.98 Å². The molecule has 0 saturated heterocycles. The summed E-state index contributed by atoms with van der Waals surface area (Å²) in [6.07, 6.45) is 0. The Bertz CT molecular complexity index is 388. The van der Waals surface area contributed by atoms with Crippen LogP contribution in [-0.4, -0.2) is 30.6 Å². The highest BCUT2D eigenvalue weighted by Crippen LogP contribution is 2.24. The smallest absolute Gasteiger partial charge is 0.263 e. The second kappa shape index (κ2) is 6.12. The second-order valence-electron chi connectivity index (χ2n) is 4.45. The van der Waals surface area contributed by atoms with Crippen molar-refractivity contribution in [2.45, 2.75) is 39.7 Å². The van der Waals surface area contributed by atoms with Crippen molar-refractivity contribution in [3.63, 3.8) is 0 Å². The van der Waals surface area contributed by atoms with Crippen molar-refractivity contribution in [3.8, 4) is 0 Å². The van der Waals surface area contributed by atoms with Crippen LogP contribution in [0.15, 0.2) is 0 Å². The second-order valence-corrected chi connectivity index (χ2v) is 5.48. The molecule has 1 unspecified atom stereocenters. The van der Waals surface area contributed by atoms with Crippen LogP contribution in [0.4, 0.5) is 0 Å². The quantitative estimate of drug-likeness (QED) is 0.879. The highest BCUT2D eigenvalue weighted by Gasteiger charge is 2.18. The number of nitrogens with one attached hydrogen (secondary N) is 1. The summed E-state index contributed by atoms with van der Waals surface area (Å²) < 4.78 is 4.99. The number of carbonyl (C=O) groups excluding carboxylic acids is 1. The van der Waals surface area contributed by atoms with Gasteiger partial charge in [-0.05, 0) is 13.8 Å². The zero-order valence-corrected chi connectivity index (χ0v) is 11.9. The van der Waals surface area contributed by atoms with E-state index in [4.69, 9.17) is 4.74 Å². The van der Waals surface area contributed by atoms with Crippen molar-refractivity contribution < 1.29 is 9.53 Å². The van der Waals surface area contributed by atoms with E-state index in [0.29, 0.717) is 17.4 Å². The highest BCUT2D eigenvalue weighted by atomic mass is 32.1. The molecule has 1 aromatic heterocycles. The van der Waals surface area contributed by atoms with Gasteiger partial charge in [-0.3, -0.25) is 4.79 Å². The number of hydrogen-bond acceptors (Lipinski definition) is 4. The third-order valence-corrected chi connectivity index (χ3v) is 3.76. The number of aryl methyl sites for hydroxylation is 1. The summed E-state index contributed by atoms with van der Waals surface area (Å²) in [5.74, 6) is 0.299. The van der Waals surface area contributed by atoms with E-state index in [9.17, 15) is 4.79 Å². The Morgan fingerprint density at radius 1 is 1.47 bits per heavy atom. The standard InChI is InChI=1S/C12H20N2O2S/c1-7(2)12-14-9(4)10(17-12)11(15)13-8(3)6-16-5/h7-8H,6H2,1-5H3,(H,13,15).